The van der Waals surface area contributed by atoms with Crippen LogP contribution >= 0.6 is 0 Å². The minimum absolute atomic E-state index is 0.0458. The Morgan fingerprint density at radius 2 is 0.856 bits per heavy atom. The van der Waals surface area contributed by atoms with Crippen LogP contribution in [0, 0.1) is 23.5 Å². The van der Waals surface area contributed by atoms with E-state index in [0.717, 1.165) is 62.5 Å². The first-order valence-electron chi connectivity index (χ1n) is 32.7. The SMILES string of the molecule is CCCCCCCCCC(=O)N(CCN(C)C)C(C)c1nc2ccc(C#Cc3ccccc3)cc2c(=O)n1-c1ccc(F)cc1.CCCCCCCCCC(=O)N(CCN(C)C)C(C)c1nc2ccc(CCc3ccccc3)cc2c(=O)n1-c1ccc(F)cc1. The molecule has 90 heavy (non-hydrogen) atoms. The molecule has 14 heteroatoms. The van der Waals surface area contributed by atoms with Crippen LogP contribution in [0.15, 0.2) is 155 Å². The van der Waals surface area contributed by atoms with E-state index in [0.29, 0.717) is 89.4 Å². The first kappa shape index (κ1) is 69.4. The van der Waals surface area contributed by atoms with Gasteiger partial charge in [-0.2, -0.15) is 0 Å². The Hall–Kier alpha value is -8.12. The van der Waals surface area contributed by atoms with E-state index in [4.69, 9.17) is 9.97 Å². The Morgan fingerprint density at radius 3 is 1.31 bits per heavy atom. The highest BCUT2D eigenvalue weighted by Gasteiger charge is 2.29. The van der Waals surface area contributed by atoms with Gasteiger partial charge in [0.05, 0.1) is 45.3 Å². The third-order valence-corrected chi connectivity index (χ3v) is 16.6. The fraction of sp³-hybridized carbons (Fsp3) is 0.421. The van der Waals surface area contributed by atoms with Gasteiger partial charge >= 0.3 is 0 Å². The Morgan fingerprint density at radius 1 is 0.456 bits per heavy atom. The number of likely N-dealkylation sites (N-methyl/N-ethyl adjacent to an activating group) is 2. The summed E-state index contributed by atoms with van der Waals surface area (Å²) >= 11 is 0. The number of aryl methyl sites for hydroxylation is 2. The second-order valence-electron chi connectivity index (χ2n) is 24.2. The molecule has 0 saturated heterocycles. The molecule has 2 heterocycles. The van der Waals surface area contributed by atoms with Crippen molar-refractivity contribution < 1.29 is 18.4 Å². The second kappa shape index (κ2) is 35.9. The van der Waals surface area contributed by atoms with Gasteiger partial charge in [-0.3, -0.25) is 28.3 Å². The number of hydrogen-bond acceptors (Lipinski definition) is 8. The summed E-state index contributed by atoms with van der Waals surface area (Å²) in [6.07, 6.45) is 18.4. The Kier molecular flexibility index (Phi) is 27.7. The van der Waals surface area contributed by atoms with E-state index in [1.165, 1.54) is 85.8 Å². The van der Waals surface area contributed by atoms with E-state index in [9.17, 15) is 28.0 Å². The molecule has 0 aliphatic heterocycles. The number of carbonyl (C=O) groups excluding carboxylic acids is 2. The summed E-state index contributed by atoms with van der Waals surface area (Å²) in [5.41, 5.74) is 5.48. The summed E-state index contributed by atoms with van der Waals surface area (Å²) in [5, 5.41) is 0.916. The van der Waals surface area contributed by atoms with Crippen molar-refractivity contribution >= 4 is 33.6 Å². The minimum Gasteiger partial charge on any atom is -0.331 e. The van der Waals surface area contributed by atoms with Crippen molar-refractivity contribution in [1.82, 2.24) is 38.7 Å². The molecule has 0 aliphatic carbocycles. The van der Waals surface area contributed by atoms with Gasteiger partial charge in [-0.15, -0.1) is 0 Å². The lowest BCUT2D eigenvalue weighted by atomic mass is 10.0. The monoisotopic (exact) mass is 1220 g/mol. The number of benzene rings is 6. The third-order valence-electron chi connectivity index (χ3n) is 16.6. The van der Waals surface area contributed by atoms with Crippen molar-refractivity contribution in [2.75, 3.05) is 54.4 Å². The maximum absolute atomic E-state index is 14.3. The largest absolute Gasteiger partial charge is 0.331 e. The highest BCUT2D eigenvalue weighted by atomic mass is 19.1. The summed E-state index contributed by atoms with van der Waals surface area (Å²) in [6.45, 7) is 10.7. The molecule has 12 nitrogen and oxygen atoms in total. The standard InChI is InChI=1S/C38H49FN4O2.C38H45FN4O2/c2*1-5-6-7-8-9-10-14-17-36(44)42(27-26-41(3)4)29(2)37-40-35-25-20-31(19-18-30-15-12-11-13-16-30)28-34(35)38(45)43(37)33-23-21-32(39)22-24-33/h11-13,15-16,20-25,28-29H,5-10,14,17-19,26-27H2,1-4H3;11-13,15-16,20-25,28-29H,5-10,14,17,26-27H2,1-4H3. The molecule has 0 bridgehead atoms. The van der Waals surface area contributed by atoms with Gasteiger partial charge in [-0.05, 0) is 170 Å². The van der Waals surface area contributed by atoms with Crippen LogP contribution in [0.1, 0.15) is 176 Å². The number of amides is 2. The number of rotatable bonds is 31. The van der Waals surface area contributed by atoms with Crippen molar-refractivity contribution in [2.45, 2.75) is 155 Å². The zero-order valence-electron chi connectivity index (χ0n) is 54.5. The van der Waals surface area contributed by atoms with Gasteiger partial charge in [0.25, 0.3) is 11.1 Å². The normalized spacial score (nSPS) is 12.0. The highest BCUT2D eigenvalue weighted by molar-refractivity contribution is 5.81. The lowest BCUT2D eigenvalue weighted by Crippen LogP contribution is -2.40. The van der Waals surface area contributed by atoms with E-state index in [1.807, 2.05) is 136 Å². The van der Waals surface area contributed by atoms with Crippen molar-refractivity contribution in [3.05, 3.63) is 212 Å². The maximum atomic E-state index is 14.3. The zero-order valence-corrected chi connectivity index (χ0v) is 54.5. The van der Waals surface area contributed by atoms with E-state index in [-0.39, 0.29) is 28.8 Å². The molecule has 476 valence electrons. The van der Waals surface area contributed by atoms with Gasteiger partial charge in [0, 0.05) is 50.1 Å². The minimum atomic E-state index is -0.498. The summed E-state index contributed by atoms with van der Waals surface area (Å²) in [6, 6.07) is 42.0. The van der Waals surface area contributed by atoms with Crippen molar-refractivity contribution in [3.63, 3.8) is 0 Å². The fourth-order valence-electron chi connectivity index (χ4n) is 11.2. The van der Waals surface area contributed by atoms with Crippen LogP contribution in [0.5, 0.6) is 0 Å². The topological polar surface area (TPSA) is 117 Å². The molecule has 0 radical (unpaired) electrons. The maximum Gasteiger partial charge on any atom is 0.266 e. The van der Waals surface area contributed by atoms with Crippen molar-refractivity contribution in [1.29, 1.82) is 0 Å². The summed E-state index contributed by atoms with van der Waals surface area (Å²) in [4.78, 5) is 73.7. The molecule has 2 amide bonds. The molecule has 2 unspecified atom stereocenters. The van der Waals surface area contributed by atoms with Gasteiger partial charge in [-0.1, -0.05) is 157 Å². The Labute approximate surface area is 533 Å². The van der Waals surface area contributed by atoms with Crippen LogP contribution in [0.3, 0.4) is 0 Å². The summed E-state index contributed by atoms with van der Waals surface area (Å²) in [7, 11) is 7.93. The Balaban J connectivity index is 0.000000256. The molecule has 8 aromatic rings. The van der Waals surface area contributed by atoms with Gasteiger partial charge in [0.15, 0.2) is 0 Å². The van der Waals surface area contributed by atoms with Gasteiger partial charge in [0.2, 0.25) is 11.8 Å². The molecule has 0 spiro atoms. The van der Waals surface area contributed by atoms with E-state index in [1.54, 1.807) is 34.9 Å². The van der Waals surface area contributed by atoms with Crippen molar-refractivity contribution in [3.8, 4) is 23.2 Å². The Bertz CT molecular complexity index is 3730. The average molecular weight is 1220 g/mol. The lowest BCUT2D eigenvalue weighted by Gasteiger charge is -2.31. The molecular formula is C76H94F2N8O4. The molecule has 0 saturated carbocycles. The predicted molar refractivity (Wildman–Crippen MR) is 363 cm³/mol. The number of nitrogens with zero attached hydrogens (tertiary/aromatic N) is 8. The zero-order chi connectivity index (χ0) is 64.4. The molecule has 2 aromatic heterocycles. The third kappa shape index (κ3) is 20.5. The van der Waals surface area contributed by atoms with Gasteiger partial charge < -0.3 is 19.6 Å². The quantitative estimate of drug-likeness (QED) is 0.0312. The van der Waals surface area contributed by atoms with Crippen LogP contribution < -0.4 is 11.1 Å². The number of unbranched alkanes of at least 4 members (excludes halogenated alkanes) is 12. The molecule has 0 aliphatic rings. The first-order valence-corrected chi connectivity index (χ1v) is 32.7. The van der Waals surface area contributed by atoms with E-state index >= 15 is 0 Å². The summed E-state index contributed by atoms with van der Waals surface area (Å²) in [5.74, 6) is 6.54. The molecule has 2 atom stereocenters. The smallest absolute Gasteiger partial charge is 0.266 e. The van der Waals surface area contributed by atoms with Crippen LogP contribution in [0.2, 0.25) is 0 Å². The first-order chi connectivity index (χ1) is 43.6. The molecule has 0 fully saturated rings. The average Bonchev–Trinajstić information content (AvgIpc) is 0.852. The fourth-order valence-corrected chi connectivity index (χ4v) is 11.2. The van der Waals surface area contributed by atoms with E-state index < -0.39 is 17.9 Å². The van der Waals surface area contributed by atoms with Gasteiger partial charge in [0.1, 0.15) is 23.3 Å². The second-order valence-corrected chi connectivity index (χ2v) is 24.2. The summed E-state index contributed by atoms with van der Waals surface area (Å²) < 4.78 is 31.0. The molecule has 0 N–H and O–H groups in total. The van der Waals surface area contributed by atoms with Crippen LogP contribution in [-0.2, 0) is 22.4 Å². The number of fused-ring (bicyclic) bond motifs is 2. The number of hydrogen-bond donors (Lipinski definition) is 0. The number of halogens is 2. The van der Waals surface area contributed by atoms with E-state index in [2.05, 4.69) is 42.7 Å². The molecular weight excluding hydrogens is 1130 g/mol. The van der Waals surface area contributed by atoms with Crippen molar-refractivity contribution in [2.24, 2.45) is 0 Å². The molecule has 6 aromatic carbocycles. The van der Waals surface area contributed by atoms with Gasteiger partial charge in [-0.25, -0.2) is 18.7 Å². The van der Waals surface area contributed by atoms with Crippen LogP contribution in [-0.4, -0.2) is 105 Å². The van der Waals surface area contributed by atoms with Crippen LogP contribution in [0.25, 0.3) is 33.2 Å². The predicted octanol–water partition coefficient (Wildman–Crippen LogP) is 15.4. The molecule has 8 rings (SSSR count). The number of aromatic nitrogens is 4. The highest BCUT2D eigenvalue weighted by Crippen LogP contribution is 2.28. The van der Waals surface area contributed by atoms with Crippen LogP contribution in [0.4, 0.5) is 8.78 Å². The lowest BCUT2D eigenvalue weighted by molar-refractivity contribution is -0.134. The number of carbonyl (C=O) groups is 2.